The predicted molar refractivity (Wildman–Crippen MR) is 97.6 cm³/mol. The maximum absolute atomic E-state index is 11.1. The first-order valence-corrected chi connectivity index (χ1v) is 8.39. The van der Waals surface area contributed by atoms with Crippen LogP contribution in [0.4, 0.5) is 5.69 Å². The summed E-state index contributed by atoms with van der Waals surface area (Å²) in [7, 11) is 1.58. The molecule has 7 heteroatoms. The third kappa shape index (κ3) is 4.33. The molecule has 5 nitrogen and oxygen atoms in total. The summed E-state index contributed by atoms with van der Waals surface area (Å²) in [5.41, 5.74) is 1.65. The van der Waals surface area contributed by atoms with Crippen molar-refractivity contribution < 1.29 is 19.4 Å². The number of hydrogen-bond acceptors (Lipinski definition) is 4. The van der Waals surface area contributed by atoms with Crippen LogP contribution in [0.2, 0.25) is 5.02 Å². The summed E-state index contributed by atoms with van der Waals surface area (Å²) in [5.74, 6) is 0.280. The summed E-state index contributed by atoms with van der Waals surface area (Å²) in [6, 6.07) is 8.23. The number of hydrogen-bond donors (Lipinski definition) is 2. The molecule has 0 heterocycles. The molecule has 0 saturated carbocycles. The Morgan fingerprint density at radius 1 is 1.29 bits per heavy atom. The Kier molecular flexibility index (Phi) is 6.34. The third-order valence-electron chi connectivity index (χ3n) is 3.32. The van der Waals surface area contributed by atoms with Gasteiger partial charge in [0.25, 0.3) is 0 Å². The number of rotatable bonds is 7. The highest BCUT2D eigenvalue weighted by Gasteiger charge is 2.12. The minimum absolute atomic E-state index is 0.172. The topological polar surface area (TPSA) is 67.8 Å². The van der Waals surface area contributed by atoms with Crippen LogP contribution >= 0.6 is 27.5 Å². The number of halogens is 2. The molecule has 0 bridgehead atoms. The Balaban J connectivity index is 2.23. The summed E-state index contributed by atoms with van der Waals surface area (Å²) in [4.78, 5) is 11.1. The highest BCUT2D eigenvalue weighted by molar-refractivity contribution is 9.10. The van der Waals surface area contributed by atoms with Gasteiger partial charge in [-0.05, 0) is 42.8 Å². The van der Waals surface area contributed by atoms with Crippen molar-refractivity contribution in [3.63, 3.8) is 0 Å². The molecule has 0 spiro atoms. The van der Waals surface area contributed by atoms with E-state index in [0.717, 1.165) is 10.0 Å². The maximum Gasteiger partial charge on any atom is 0.335 e. The molecule has 0 aliphatic carbocycles. The average molecular weight is 415 g/mol. The van der Waals surface area contributed by atoms with Crippen molar-refractivity contribution >= 4 is 39.2 Å². The normalized spacial score (nSPS) is 10.3. The van der Waals surface area contributed by atoms with Gasteiger partial charge >= 0.3 is 5.97 Å². The Hall–Kier alpha value is -1.92. The van der Waals surface area contributed by atoms with E-state index >= 15 is 0 Å². The van der Waals surface area contributed by atoms with Crippen molar-refractivity contribution in [2.24, 2.45) is 0 Å². The Morgan fingerprint density at radius 2 is 2.04 bits per heavy atom. The quantitative estimate of drug-likeness (QED) is 0.680. The van der Waals surface area contributed by atoms with Crippen molar-refractivity contribution in [1.82, 2.24) is 0 Å². The number of carbonyl (C=O) groups is 1. The molecule has 0 aromatic heterocycles. The first-order valence-electron chi connectivity index (χ1n) is 7.22. The number of aromatic carboxylic acids is 1. The van der Waals surface area contributed by atoms with Crippen LogP contribution in [0.15, 0.2) is 34.8 Å². The third-order valence-corrected chi connectivity index (χ3v) is 4.38. The van der Waals surface area contributed by atoms with Gasteiger partial charge in [0.2, 0.25) is 0 Å². The van der Waals surface area contributed by atoms with E-state index in [1.807, 2.05) is 19.1 Å². The van der Waals surface area contributed by atoms with Gasteiger partial charge in [-0.25, -0.2) is 4.79 Å². The van der Waals surface area contributed by atoms with Crippen LogP contribution in [0.3, 0.4) is 0 Å². The second kappa shape index (κ2) is 8.26. The zero-order valence-corrected chi connectivity index (χ0v) is 15.6. The first kappa shape index (κ1) is 18.4. The molecule has 2 rings (SSSR count). The van der Waals surface area contributed by atoms with Gasteiger partial charge in [0.05, 0.1) is 30.0 Å². The Bertz CT molecular complexity index is 752. The molecular weight excluding hydrogens is 398 g/mol. The summed E-state index contributed by atoms with van der Waals surface area (Å²) >= 11 is 9.63. The fourth-order valence-electron chi connectivity index (χ4n) is 2.12. The molecule has 0 saturated heterocycles. The van der Waals surface area contributed by atoms with Crippen LogP contribution < -0.4 is 14.8 Å². The van der Waals surface area contributed by atoms with Crippen molar-refractivity contribution in [2.45, 2.75) is 13.5 Å². The molecule has 0 amide bonds. The number of anilines is 1. The summed E-state index contributed by atoms with van der Waals surface area (Å²) in [6.45, 7) is 2.88. The van der Waals surface area contributed by atoms with Gasteiger partial charge in [0.1, 0.15) is 0 Å². The van der Waals surface area contributed by atoms with Gasteiger partial charge in [-0.15, -0.1) is 0 Å². The molecule has 24 heavy (non-hydrogen) atoms. The molecule has 2 aromatic carbocycles. The van der Waals surface area contributed by atoms with E-state index in [1.54, 1.807) is 13.2 Å². The lowest BCUT2D eigenvalue weighted by Gasteiger charge is -2.15. The lowest BCUT2D eigenvalue weighted by molar-refractivity contribution is 0.0697. The predicted octanol–water partition coefficient (Wildman–Crippen LogP) is 4.82. The van der Waals surface area contributed by atoms with Crippen LogP contribution in [-0.2, 0) is 6.54 Å². The minimum atomic E-state index is -1.00. The SMILES string of the molecule is CCOc1cc(Br)c(CNc2cc(C(=O)O)ccc2Cl)cc1OC. The number of carboxylic acid groups (broad SMARTS) is 1. The van der Waals surface area contributed by atoms with Crippen LogP contribution in [0, 0.1) is 0 Å². The second-order valence-electron chi connectivity index (χ2n) is 4.88. The van der Waals surface area contributed by atoms with E-state index < -0.39 is 5.97 Å². The van der Waals surface area contributed by atoms with Crippen LogP contribution in [0.25, 0.3) is 0 Å². The fraction of sp³-hybridized carbons (Fsp3) is 0.235. The average Bonchev–Trinajstić information content (AvgIpc) is 2.55. The van der Waals surface area contributed by atoms with E-state index in [1.165, 1.54) is 12.1 Å². The highest BCUT2D eigenvalue weighted by Crippen LogP contribution is 2.34. The van der Waals surface area contributed by atoms with Gasteiger partial charge in [-0.2, -0.15) is 0 Å². The van der Waals surface area contributed by atoms with Gasteiger partial charge in [0.15, 0.2) is 11.5 Å². The molecule has 2 N–H and O–H groups in total. The van der Waals surface area contributed by atoms with Gasteiger partial charge < -0.3 is 19.9 Å². The summed E-state index contributed by atoms with van der Waals surface area (Å²) < 4.78 is 11.7. The van der Waals surface area contributed by atoms with E-state index in [4.69, 9.17) is 26.2 Å². The zero-order valence-electron chi connectivity index (χ0n) is 13.2. The molecule has 0 unspecified atom stereocenters. The molecule has 0 aliphatic heterocycles. The number of nitrogens with one attached hydrogen (secondary N) is 1. The van der Waals surface area contributed by atoms with E-state index in [-0.39, 0.29) is 5.56 Å². The zero-order chi connectivity index (χ0) is 17.7. The van der Waals surface area contributed by atoms with Crippen molar-refractivity contribution in [1.29, 1.82) is 0 Å². The molecule has 0 radical (unpaired) electrons. The Labute approximate surface area is 153 Å². The van der Waals surface area contributed by atoms with E-state index in [0.29, 0.717) is 35.4 Å². The van der Waals surface area contributed by atoms with Gasteiger partial charge in [0, 0.05) is 11.0 Å². The molecule has 0 fully saturated rings. The van der Waals surface area contributed by atoms with E-state index in [2.05, 4.69) is 21.2 Å². The summed E-state index contributed by atoms with van der Waals surface area (Å²) in [5, 5.41) is 12.7. The van der Waals surface area contributed by atoms with E-state index in [9.17, 15) is 4.79 Å². The number of methoxy groups -OCH3 is 1. The molecule has 0 atom stereocenters. The summed E-state index contributed by atoms with van der Waals surface area (Å²) in [6.07, 6.45) is 0. The monoisotopic (exact) mass is 413 g/mol. The number of ether oxygens (including phenoxy) is 2. The van der Waals surface area contributed by atoms with Crippen molar-refractivity contribution in [3.05, 3.63) is 51.0 Å². The number of carboxylic acids is 1. The van der Waals surface area contributed by atoms with Crippen molar-refractivity contribution in [2.75, 3.05) is 19.0 Å². The second-order valence-corrected chi connectivity index (χ2v) is 6.14. The lowest BCUT2D eigenvalue weighted by Crippen LogP contribution is -2.04. The van der Waals surface area contributed by atoms with Gasteiger partial charge in [-0.3, -0.25) is 0 Å². The fourth-order valence-corrected chi connectivity index (χ4v) is 2.77. The standard InChI is InChI=1S/C17H17BrClNO4/c1-3-24-16-8-12(18)11(7-15(16)23-2)9-20-14-6-10(17(21)22)4-5-13(14)19/h4-8,20H,3,9H2,1-2H3,(H,21,22). The smallest absolute Gasteiger partial charge is 0.335 e. The Morgan fingerprint density at radius 3 is 2.67 bits per heavy atom. The lowest BCUT2D eigenvalue weighted by atomic mass is 10.1. The molecule has 0 aliphatic rings. The minimum Gasteiger partial charge on any atom is -0.493 e. The first-order chi connectivity index (χ1) is 11.5. The molecule has 2 aromatic rings. The van der Waals surface area contributed by atoms with Crippen LogP contribution in [0.5, 0.6) is 11.5 Å². The molecule has 128 valence electrons. The van der Waals surface area contributed by atoms with Crippen molar-refractivity contribution in [3.8, 4) is 11.5 Å². The number of benzene rings is 2. The highest BCUT2D eigenvalue weighted by atomic mass is 79.9. The maximum atomic E-state index is 11.1. The van der Waals surface area contributed by atoms with Gasteiger partial charge in [-0.1, -0.05) is 27.5 Å². The van der Waals surface area contributed by atoms with Crippen LogP contribution in [0.1, 0.15) is 22.8 Å². The largest absolute Gasteiger partial charge is 0.493 e. The van der Waals surface area contributed by atoms with Crippen LogP contribution in [-0.4, -0.2) is 24.8 Å². The molecular formula is C17H17BrClNO4.